The Morgan fingerprint density at radius 3 is 1.00 bits per heavy atom. The van der Waals surface area contributed by atoms with Crippen LogP contribution >= 0.6 is 0 Å². The second kappa shape index (κ2) is 12.1. The quantitative estimate of drug-likeness (QED) is 0.624. The zero-order valence-corrected chi connectivity index (χ0v) is 6.53. The molecule has 0 aliphatic heterocycles. The zero-order valence-electron chi connectivity index (χ0n) is 5.55. The summed E-state index contributed by atoms with van der Waals surface area (Å²) >= 11 is 0. The fourth-order valence-electron chi connectivity index (χ4n) is 0. The van der Waals surface area contributed by atoms with Gasteiger partial charge < -0.3 is 32.5 Å². The first-order valence-corrected chi connectivity index (χ1v) is 2.32. The van der Waals surface area contributed by atoms with Crippen molar-refractivity contribution < 1.29 is 26.1 Å². The molecule has 0 aliphatic carbocycles. The van der Waals surface area contributed by atoms with Crippen molar-refractivity contribution in [3.8, 4) is 0 Å². The molecule has 7 heteroatoms. The number of hydrogen-bond donors (Lipinski definition) is 0. The Morgan fingerprint density at radius 1 is 0.909 bits per heavy atom. The normalized spacial score (nSPS) is 6.73. The Bertz CT molecular complexity index is 105. The second-order valence-electron chi connectivity index (χ2n) is 1.20. The number of carbonyl (C=O) groups excluding carboxylic acids is 2. The average Bonchev–Trinajstić information content (AvgIpc) is 1.89. The number of nitrogens with one attached hydrogen (secondary N) is 4. The minimum Gasteiger partial charge on any atom is -0.673 e. The van der Waals surface area contributed by atoms with Crippen LogP contribution in [0.2, 0.25) is 0 Å². The van der Waals surface area contributed by atoms with Crippen molar-refractivity contribution in [2.24, 2.45) is 0 Å². The monoisotopic (exact) mass is 202 g/mol. The van der Waals surface area contributed by atoms with Gasteiger partial charge in [-0.25, -0.2) is 0 Å². The summed E-state index contributed by atoms with van der Waals surface area (Å²) in [7, 11) is 0. The van der Waals surface area contributed by atoms with Crippen LogP contribution in [0.25, 0.3) is 22.9 Å². The Labute approximate surface area is 74.6 Å². The number of carbonyl (C=O) groups is 2. The van der Waals surface area contributed by atoms with E-state index in [0.29, 0.717) is 0 Å². The van der Waals surface area contributed by atoms with Gasteiger partial charge in [-0.1, -0.05) is 0 Å². The largest absolute Gasteiger partial charge is 2.00 e. The fourth-order valence-corrected chi connectivity index (χ4v) is 0. The van der Waals surface area contributed by atoms with E-state index in [9.17, 15) is 9.59 Å². The number of amides is 2. The van der Waals surface area contributed by atoms with Crippen LogP contribution in [0.1, 0.15) is 0 Å². The van der Waals surface area contributed by atoms with Crippen LogP contribution in [0.4, 0.5) is 0 Å². The SMILES string of the molecule is [NH-]CC([NH-])=O.[NH-]CC([NH-])=O.[Ni+2]. The van der Waals surface area contributed by atoms with Gasteiger partial charge in [0.25, 0.3) is 0 Å². The maximum Gasteiger partial charge on any atom is 2.00 e. The third kappa shape index (κ3) is 45.0. The molecule has 11 heavy (non-hydrogen) atoms. The van der Waals surface area contributed by atoms with Crippen molar-refractivity contribution in [2.45, 2.75) is 0 Å². The second-order valence-corrected chi connectivity index (χ2v) is 1.20. The van der Waals surface area contributed by atoms with E-state index in [1.807, 2.05) is 0 Å². The summed E-state index contributed by atoms with van der Waals surface area (Å²) in [6.07, 6.45) is 0. The molecule has 2 amide bonds. The Morgan fingerprint density at radius 2 is 1.00 bits per heavy atom. The molecule has 0 atom stereocenters. The van der Waals surface area contributed by atoms with Gasteiger partial charge in [-0.3, -0.25) is 0 Å². The molecule has 6 nitrogen and oxygen atoms in total. The fraction of sp³-hybridized carbons (Fsp3) is 0.500. The van der Waals surface area contributed by atoms with Crippen LogP contribution in [0.15, 0.2) is 0 Å². The van der Waals surface area contributed by atoms with Crippen molar-refractivity contribution in [3.63, 3.8) is 0 Å². The molecule has 0 aromatic rings. The Kier molecular flexibility index (Phi) is 18.4. The number of hydrogen-bond acceptors (Lipinski definition) is 2. The molecule has 0 aliphatic rings. The summed E-state index contributed by atoms with van der Waals surface area (Å²) in [5.74, 6) is -1.66. The van der Waals surface area contributed by atoms with Crippen LogP contribution in [-0.2, 0) is 26.1 Å². The van der Waals surface area contributed by atoms with E-state index in [4.69, 9.17) is 22.9 Å². The van der Waals surface area contributed by atoms with E-state index in [2.05, 4.69) is 0 Å². The summed E-state index contributed by atoms with van der Waals surface area (Å²) in [6, 6.07) is 0. The smallest absolute Gasteiger partial charge is 0.673 e. The van der Waals surface area contributed by atoms with Crippen molar-refractivity contribution >= 4 is 11.8 Å². The molecule has 0 bridgehead atoms. The van der Waals surface area contributed by atoms with E-state index in [1.165, 1.54) is 0 Å². The summed E-state index contributed by atoms with van der Waals surface area (Å²) in [6.45, 7) is -0.833. The molecule has 68 valence electrons. The summed E-state index contributed by atoms with van der Waals surface area (Å²) in [5, 5.41) is 0. The third-order valence-corrected chi connectivity index (χ3v) is 0.321. The molecule has 0 heterocycles. The van der Waals surface area contributed by atoms with Crippen LogP contribution in [0, 0.1) is 0 Å². The predicted molar refractivity (Wildman–Crippen MR) is 37.0 cm³/mol. The molecule has 0 saturated heterocycles. The van der Waals surface area contributed by atoms with Gasteiger partial charge in [0, 0.05) is 11.8 Å². The van der Waals surface area contributed by atoms with Gasteiger partial charge in [0.2, 0.25) is 0 Å². The van der Waals surface area contributed by atoms with Crippen LogP contribution in [0.5, 0.6) is 0 Å². The first-order chi connectivity index (χ1) is 4.54. The third-order valence-electron chi connectivity index (χ3n) is 0.321. The van der Waals surface area contributed by atoms with Crippen LogP contribution in [-0.4, -0.2) is 24.9 Å². The van der Waals surface area contributed by atoms with E-state index in [-0.39, 0.29) is 16.5 Å². The molecule has 0 fully saturated rings. The van der Waals surface area contributed by atoms with Gasteiger partial charge in [0.15, 0.2) is 0 Å². The van der Waals surface area contributed by atoms with Gasteiger partial charge in [0.05, 0.1) is 0 Å². The van der Waals surface area contributed by atoms with E-state index in [1.54, 1.807) is 0 Å². The molecule has 4 N–H and O–H groups in total. The van der Waals surface area contributed by atoms with Crippen molar-refractivity contribution in [3.05, 3.63) is 22.9 Å². The summed E-state index contributed by atoms with van der Waals surface area (Å²) in [5.41, 5.74) is 24.2. The standard InChI is InChI=1S/2C2H5N2O.Ni/c2*3-1-2(4)5;/h2*3H,1H2,(H2,4,5);/q2*-1;+2/p-2. The van der Waals surface area contributed by atoms with Crippen molar-refractivity contribution in [1.82, 2.24) is 0 Å². The average molecular weight is 203 g/mol. The zero-order chi connectivity index (χ0) is 8.57. The number of rotatable bonds is 2. The first kappa shape index (κ1) is 16.8. The van der Waals surface area contributed by atoms with Gasteiger partial charge in [-0.2, -0.15) is 0 Å². The summed E-state index contributed by atoms with van der Waals surface area (Å²) < 4.78 is 0. The van der Waals surface area contributed by atoms with Gasteiger partial charge in [0.1, 0.15) is 0 Å². The molecule has 0 aromatic heterocycles. The van der Waals surface area contributed by atoms with E-state index in [0.717, 1.165) is 0 Å². The molecular weight excluding hydrogens is 195 g/mol. The topological polar surface area (TPSA) is 129 Å². The molecular formula is C4H8N4NiO2-2. The summed E-state index contributed by atoms with van der Waals surface area (Å²) in [4.78, 5) is 18.6. The van der Waals surface area contributed by atoms with E-state index < -0.39 is 24.9 Å². The minimum atomic E-state index is -0.829. The molecule has 0 saturated carbocycles. The maximum atomic E-state index is 9.29. The van der Waals surface area contributed by atoms with Gasteiger partial charge in [-0.15, -0.1) is 13.1 Å². The molecule has 0 aromatic carbocycles. The van der Waals surface area contributed by atoms with E-state index >= 15 is 0 Å². The minimum absolute atomic E-state index is 0. The Balaban J connectivity index is -0.000000107. The Hall–Kier alpha value is -0.646. The van der Waals surface area contributed by atoms with Crippen molar-refractivity contribution in [2.75, 3.05) is 13.1 Å². The predicted octanol–water partition coefficient (Wildman–Crippen LogP) is 1.23. The molecule has 0 unspecified atom stereocenters. The van der Waals surface area contributed by atoms with Crippen molar-refractivity contribution in [1.29, 1.82) is 0 Å². The van der Waals surface area contributed by atoms with Gasteiger partial charge in [-0.05, 0) is 0 Å². The van der Waals surface area contributed by atoms with Crippen LogP contribution < -0.4 is 0 Å². The first-order valence-electron chi connectivity index (χ1n) is 2.32. The molecule has 0 radical (unpaired) electrons. The maximum absolute atomic E-state index is 9.29. The van der Waals surface area contributed by atoms with Gasteiger partial charge >= 0.3 is 16.5 Å². The molecule has 0 rings (SSSR count). The molecule has 0 spiro atoms. The van der Waals surface area contributed by atoms with Crippen LogP contribution in [0.3, 0.4) is 0 Å².